The molecule has 0 fully saturated rings. The number of unbranched alkanes of at least 4 members (excludes halogenated alkanes) is 22. The normalized spacial score (nSPS) is 13.5. The van der Waals surface area contributed by atoms with Crippen LogP contribution < -0.4 is 0 Å². The number of aliphatic hydroxyl groups excluding tert-OH is 1. The van der Waals surface area contributed by atoms with Crippen LogP contribution in [0.1, 0.15) is 200 Å². The second-order valence-corrected chi connectivity index (χ2v) is 16.1. The summed E-state index contributed by atoms with van der Waals surface area (Å²) in [6.45, 7) is 3.46. The highest BCUT2D eigenvalue weighted by Crippen LogP contribution is 2.36. The zero-order valence-corrected chi connectivity index (χ0v) is 35.8. The third-order valence-electron chi connectivity index (χ3n) is 9.41. The molecule has 0 radical (unpaired) electrons. The average Bonchev–Trinajstić information content (AvgIpc) is 3.15. The van der Waals surface area contributed by atoms with Crippen molar-refractivity contribution in [2.24, 2.45) is 0 Å². The van der Waals surface area contributed by atoms with Crippen molar-refractivity contribution in [1.82, 2.24) is 0 Å². The van der Waals surface area contributed by atoms with E-state index in [1.54, 1.807) is 6.08 Å². The number of esters is 2. The van der Waals surface area contributed by atoms with Gasteiger partial charge < -0.3 is 24.4 Å². The summed E-state index contributed by atoms with van der Waals surface area (Å²) in [5.74, 6) is -0.937. The Balaban J connectivity index is 3.93. The Bertz CT molecular complexity index is 1050. The Kier molecular flexibility index (Phi) is 38.7. The summed E-state index contributed by atoms with van der Waals surface area (Å²) in [7, 11) is -4.77. The van der Waals surface area contributed by atoms with Gasteiger partial charge in [-0.1, -0.05) is 172 Å². The second-order valence-electron chi connectivity index (χ2n) is 14.8. The standard InChI is InChI=1S/C45H81O9P/c1-3-5-7-8-9-10-11-12-13-14-15-16-17-18-19-20-21-24-28-31-35-39-45(48)54-43(41-53-55(49,50)51)40-52-44(47)38-34-30-27-25-22-23-26-29-33-37-42(46)36-32-6-4-2/h6,12-13,26,29,32-33,37,42-43,46H,3-5,7-11,14-25,27-28,30-31,34-36,38-41H2,1-2H3,(H2,49,50,51)/b13-12-,29-26+,32-6+,37-33+/t42?,43-/m1/s1. The third-order valence-corrected chi connectivity index (χ3v) is 9.90. The van der Waals surface area contributed by atoms with Gasteiger partial charge in [0.05, 0.1) is 12.7 Å². The molecule has 0 aliphatic rings. The van der Waals surface area contributed by atoms with Gasteiger partial charge in [0.2, 0.25) is 0 Å². The molecule has 10 heteroatoms. The van der Waals surface area contributed by atoms with Crippen molar-refractivity contribution in [1.29, 1.82) is 0 Å². The van der Waals surface area contributed by atoms with Crippen molar-refractivity contribution in [3.8, 4) is 0 Å². The number of hydrogen-bond acceptors (Lipinski definition) is 7. The molecule has 0 saturated carbocycles. The Morgan fingerprint density at radius 3 is 1.55 bits per heavy atom. The first-order chi connectivity index (χ1) is 26.7. The number of hydrogen-bond donors (Lipinski definition) is 3. The summed E-state index contributed by atoms with van der Waals surface area (Å²) in [6, 6.07) is 0. The monoisotopic (exact) mass is 797 g/mol. The molecule has 320 valence electrons. The summed E-state index contributed by atoms with van der Waals surface area (Å²) in [5.41, 5.74) is 0. The maximum atomic E-state index is 12.4. The topological polar surface area (TPSA) is 140 Å². The molecule has 2 atom stereocenters. The van der Waals surface area contributed by atoms with Gasteiger partial charge >= 0.3 is 19.8 Å². The van der Waals surface area contributed by atoms with Gasteiger partial charge in [-0.05, 0) is 64.2 Å². The Labute approximate surface area is 336 Å². The molecule has 1 unspecified atom stereocenters. The van der Waals surface area contributed by atoms with Crippen LogP contribution in [0.2, 0.25) is 0 Å². The molecule has 9 nitrogen and oxygen atoms in total. The third kappa shape index (κ3) is 42.9. The van der Waals surface area contributed by atoms with E-state index in [1.165, 1.54) is 96.3 Å². The highest BCUT2D eigenvalue weighted by atomic mass is 31.2. The largest absolute Gasteiger partial charge is 0.469 e. The number of carbonyl (C=O) groups is 2. The lowest BCUT2D eigenvalue weighted by Gasteiger charge is -2.18. The number of carbonyl (C=O) groups excluding carboxylic acids is 2. The SMILES string of the molecule is CC/C=C/CC(O)/C=C/C=C/CCCCCCCC(=O)OC[C@H](COP(=O)(O)O)OC(=O)CCCCCCCCCCCCC/C=C\CCCCCCCC. The smallest absolute Gasteiger partial charge is 0.462 e. The van der Waals surface area contributed by atoms with Gasteiger partial charge in [-0.25, -0.2) is 4.57 Å². The lowest BCUT2D eigenvalue weighted by atomic mass is 10.0. The van der Waals surface area contributed by atoms with Crippen LogP contribution in [0.15, 0.2) is 48.6 Å². The van der Waals surface area contributed by atoms with E-state index in [2.05, 4.69) is 36.6 Å². The van der Waals surface area contributed by atoms with Crippen molar-refractivity contribution in [2.45, 2.75) is 212 Å². The van der Waals surface area contributed by atoms with Crippen LogP contribution in [-0.2, 0) is 28.2 Å². The van der Waals surface area contributed by atoms with E-state index in [0.717, 1.165) is 57.8 Å². The minimum atomic E-state index is -4.77. The fourth-order valence-electron chi connectivity index (χ4n) is 6.11. The molecule has 3 N–H and O–H groups in total. The van der Waals surface area contributed by atoms with Crippen molar-refractivity contribution in [2.75, 3.05) is 13.2 Å². The number of ether oxygens (including phenoxy) is 2. The molecule has 0 aliphatic heterocycles. The van der Waals surface area contributed by atoms with E-state index in [4.69, 9.17) is 19.3 Å². The number of rotatable bonds is 40. The number of allylic oxidation sites excluding steroid dienone is 6. The molecular weight excluding hydrogens is 715 g/mol. The molecule has 0 aromatic heterocycles. The molecule has 0 rings (SSSR count). The minimum absolute atomic E-state index is 0.196. The van der Waals surface area contributed by atoms with Crippen LogP contribution in [0, 0.1) is 0 Å². The molecule has 0 spiro atoms. The van der Waals surface area contributed by atoms with Crippen LogP contribution in [0.3, 0.4) is 0 Å². The highest BCUT2D eigenvalue weighted by molar-refractivity contribution is 7.46. The molecule has 0 saturated heterocycles. The Hall–Kier alpha value is -2.03. The van der Waals surface area contributed by atoms with Gasteiger partial charge in [0.15, 0.2) is 6.10 Å². The first kappa shape index (κ1) is 53.0. The Morgan fingerprint density at radius 2 is 1.04 bits per heavy atom. The van der Waals surface area contributed by atoms with E-state index >= 15 is 0 Å². The molecule has 0 heterocycles. The highest BCUT2D eigenvalue weighted by Gasteiger charge is 2.23. The van der Waals surface area contributed by atoms with E-state index in [9.17, 15) is 19.3 Å². The summed E-state index contributed by atoms with van der Waals surface area (Å²) in [5, 5.41) is 9.84. The van der Waals surface area contributed by atoms with E-state index < -0.39 is 38.6 Å². The molecule has 0 bridgehead atoms. The summed E-state index contributed by atoms with van der Waals surface area (Å²) < 4.78 is 26.4. The second kappa shape index (κ2) is 40.2. The van der Waals surface area contributed by atoms with E-state index in [-0.39, 0.29) is 19.4 Å². The Morgan fingerprint density at radius 1 is 0.564 bits per heavy atom. The van der Waals surface area contributed by atoms with Crippen molar-refractivity contribution >= 4 is 19.8 Å². The quantitative estimate of drug-likeness (QED) is 0.0182. The molecule has 0 aliphatic carbocycles. The van der Waals surface area contributed by atoms with Crippen molar-refractivity contribution < 1.29 is 43.0 Å². The number of phosphoric acid groups is 1. The van der Waals surface area contributed by atoms with E-state index in [0.29, 0.717) is 19.3 Å². The molecule has 55 heavy (non-hydrogen) atoms. The van der Waals surface area contributed by atoms with Crippen LogP contribution in [-0.4, -0.2) is 52.3 Å². The van der Waals surface area contributed by atoms with Gasteiger partial charge in [0.25, 0.3) is 0 Å². The summed E-state index contributed by atoms with van der Waals surface area (Å²) in [4.78, 5) is 42.9. The zero-order valence-electron chi connectivity index (χ0n) is 34.9. The van der Waals surface area contributed by atoms with Gasteiger partial charge in [0, 0.05) is 12.8 Å². The molecule has 0 amide bonds. The predicted molar refractivity (Wildman–Crippen MR) is 227 cm³/mol. The van der Waals surface area contributed by atoms with Gasteiger partial charge in [0.1, 0.15) is 6.61 Å². The lowest BCUT2D eigenvalue weighted by molar-refractivity contribution is -0.161. The van der Waals surface area contributed by atoms with Crippen LogP contribution in [0.4, 0.5) is 0 Å². The first-order valence-corrected chi connectivity index (χ1v) is 23.6. The lowest BCUT2D eigenvalue weighted by Crippen LogP contribution is -2.29. The maximum Gasteiger partial charge on any atom is 0.469 e. The summed E-state index contributed by atoms with van der Waals surface area (Å²) >= 11 is 0. The first-order valence-electron chi connectivity index (χ1n) is 22.0. The predicted octanol–water partition coefficient (Wildman–Crippen LogP) is 12.5. The number of phosphoric ester groups is 1. The maximum absolute atomic E-state index is 12.4. The zero-order chi connectivity index (χ0) is 40.5. The van der Waals surface area contributed by atoms with E-state index in [1.807, 2.05) is 24.3 Å². The van der Waals surface area contributed by atoms with Crippen molar-refractivity contribution in [3.63, 3.8) is 0 Å². The minimum Gasteiger partial charge on any atom is -0.462 e. The van der Waals surface area contributed by atoms with Crippen LogP contribution >= 0.6 is 7.82 Å². The fourth-order valence-corrected chi connectivity index (χ4v) is 6.47. The summed E-state index contributed by atoms with van der Waals surface area (Å²) in [6.07, 6.45) is 45.9. The van der Waals surface area contributed by atoms with Crippen LogP contribution in [0.5, 0.6) is 0 Å². The molecule has 0 aromatic rings. The van der Waals surface area contributed by atoms with Gasteiger partial charge in [-0.3, -0.25) is 14.1 Å². The fraction of sp³-hybridized carbons (Fsp3) is 0.778. The number of aliphatic hydroxyl groups is 1. The van der Waals surface area contributed by atoms with Gasteiger partial charge in [-0.2, -0.15) is 0 Å². The van der Waals surface area contributed by atoms with Crippen molar-refractivity contribution in [3.05, 3.63) is 48.6 Å². The van der Waals surface area contributed by atoms with Gasteiger partial charge in [-0.15, -0.1) is 0 Å². The van der Waals surface area contributed by atoms with Crippen LogP contribution in [0.25, 0.3) is 0 Å². The average molecular weight is 797 g/mol. The molecular formula is C45H81O9P. The molecule has 0 aromatic carbocycles.